The second-order valence-corrected chi connectivity index (χ2v) is 3.79. The Balaban J connectivity index is 0.000000138. The van der Waals surface area contributed by atoms with Crippen LogP contribution in [0.3, 0.4) is 0 Å². The van der Waals surface area contributed by atoms with E-state index in [9.17, 15) is 0 Å². The van der Waals surface area contributed by atoms with E-state index in [1.807, 2.05) is 0 Å². The molecule has 0 saturated heterocycles. The summed E-state index contributed by atoms with van der Waals surface area (Å²) in [6.45, 7) is 0. The number of rotatable bonds is 0. The Morgan fingerprint density at radius 1 is 0.750 bits per heavy atom. The van der Waals surface area contributed by atoms with Gasteiger partial charge in [0, 0.05) is 0 Å². The summed E-state index contributed by atoms with van der Waals surface area (Å²) < 4.78 is 0. The van der Waals surface area contributed by atoms with Gasteiger partial charge in [-0.15, -0.1) is 10.2 Å². The molecule has 0 unspecified atom stereocenters. The second kappa shape index (κ2) is 5.95. The van der Waals surface area contributed by atoms with Gasteiger partial charge in [0.2, 0.25) is 0 Å². The largest absolute Gasteiger partial charge is 0.139 e. The molecule has 1 aromatic heterocycles. The first-order valence-corrected chi connectivity index (χ1v) is 5.62. The third-order valence-corrected chi connectivity index (χ3v) is 2.67. The van der Waals surface area contributed by atoms with E-state index < -0.39 is 0 Å². The van der Waals surface area contributed by atoms with Crippen LogP contribution in [0.15, 0.2) is 42.7 Å². The van der Waals surface area contributed by atoms with Gasteiger partial charge in [0.15, 0.2) is 0 Å². The summed E-state index contributed by atoms with van der Waals surface area (Å²) in [6, 6.07) is 10.5. The Bertz CT molecular complexity index is 363. The molecule has 3 rings (SSSR count). The van der Waals surface area contributed by atoms with Crippen molar-refractivity contribution in [3.63, 3.8) is 0 Å². The van der Waals surface area contributed by atoms with E-state index in [0.29, 0.717) is 0 Å². The highest BCUT2D eigenvalue weighted by atomic mass is 15.3. The van der Waals surface area contributed by atoms with Crippen LogP contribution in [-0.2, 0) is 12.8 Å². The third-order valence-electron chi connectivity index (χ3n) is 2.67. The minimum absolute atomic E-state index is 1.30. The maximum atomic E-state index is 3.42. The normalized spacial score (nSPS) is 13.2. The lowest BCUT2D eigenvalue weighted by Gasteiger charge is -2.13. The monoisotopic (exact) mass is 213 g/mol. The highest BCUT2D eigenvalue weighted by molar-refractivity contribution is 5.28. The topological polar surface area (TPSA) is 38.7 Å². The van der Waals surface area contributed by atoms with E-state index in [0.717, 1.165) is 0 Å². The van der Waals surface area contributed by atoms with E-state index in [4.69, 9.17) is 0 Å². The maximum Gasteiger partial charge on any atom is 0.0529 e. The fraction of sp³-hybridized carbons (Fsp3) is 0.308. The summed E-state index contributed by atoms with van der Waals surface area (Å²) in [4.78, 5) is 0. The van der Waals surface area contributed by atoms with E-state index >= 15 is 0 Å². The van der Waals surface area contributed by atoms with Crippen molar-refractivity contribution < 1.29 is 0 Å². The van der Waals surface area contributed by atoms with Crippen LogP contribution in [0.25, 0.3) is 0 Å². The molecule has 3 heteroatoms. The maximum absolute atomic E-state index is 3.42. The van der Waals surface area contributed by atoms with Gasteiger partial charge in [0.05, 0.1) is 12.4 Å². The quantitative estimate of drug-likeness (QED) is 0.674. The first-order valence-electron chi connectivity index (χ1n) is 5.62. The molecule has 1 aliphatic rings. The molecule has 3 nitrogen and oxygen atoms in total. The van der Waals surface area contributed by atoms with E-state index in [-0.39, 0.29) is 0 Å². The van der Waals surface area contributed by atoms with Gasteiger partial charge in [0.25, 0.3) is 0 Å². The number of benzene rings is 1. The molecule has 0 aliphatic heterocycles. The van der Waals surface area contributed by atoms with Gasteiger partial charge in [0.1, 0.15) is 0 Å². The smallest absolute Gasteiger partial charge is 0.0529 e. The number of aromatic nitrogens is 3. The lowest BCUT2D eigenvalue weighted by molar-refractivity contribution is 0.685. The molecular formula is C13H15N3. The molecule has 1 aliphatic carbocycles. The second-order valence-electron chi connectivity index (χ2n) is 3.79. The molecular weight excluding hydrogens is 198 g/mol. The Labute approximate surface area is 95.5 Å². The molecule has 0 fully saturated rings. The zero-order chi connectivity index (χ0) is 11.1. The van der Waals surface area contributed by atoms with E-state index in [1.54, 1.807) is 29.6 Å². The summed E-state index contributed by atoms with van der Waals surface area (Å²) in [5.74, 6) is 0. The van der Waals surface area contributed by atoms with Crippen LogP contribution in [-0.4, -0.2) is 15.4 Å². The summed E-state index contributed by atoms with van der Waals surface area (Å²) in [5.41, 5.74) is 3.16. The van der Waals surface area contributed by atoms with Gasteiger partial charge in [-0.1, -0.05) is 24.3 Å². The van der Waals surface area contributed by atoms with Crippen LogP contribution in [0.1, 0.15) is 24.0 Å². The molecule has 16 heavy (non-hydrogen) atoms. The number of hydrogen-bond acceptors (Lipinski definition) is 3. The minimum Gasteiger partial charge on any atom is -0.139 e. The highest BCUT2D eigenvalue weighted by Gasteiger charge is 2.05. The van der Waals surface area contributed by atoms with Crippen molar-refractivity contribution >= 4 is 0 Å². The molecule has 82 valence electrons. The lowest BCUT2D eigenvalue weighted by atomic mass is 9.92. The van der Waals surface area contributed by atoms with Crippen molar-refractivity contribution in [2.45, 2.75) is 25.7 Å². The van der Waals surface area contributed by atoms with Crippen molar-refractivity contribution in [3.8, 4) is 0 Å². The van der Waals surface area contributed by atoms with E-state index in [1.165, 1.54) is 25.7 Å². The first kappa shape index (κ1) is 10.7. The van der Waals surface area contributed by atoms with Crippen LogP contribution in [0.5, 0.6) is 0 Å². The van der Waals surface area contributed by atoms with Crippen LogP contribution in [0.2, 0.25) is 0 Å². The average Bonchev–Trinajstić information content (AvgIpc) is 2.42. The summed E-state index contributed by atoms with van der Waals surface area (Å²) in [5, 5.41) is 10.1. The lowest BCUT2D eigenvalue weighted by Crippen LogP contribution is -2.00. The van der Waals surface area contributed by atoms with Gasteiger partial charge in [-0.25, -0.2) is 0 Å². The Hall–Kier alpha value is -1.77. The van der Waals surface area contributed by atoms with Gasteiger partial charge in [-0.2, -0.15) is 0 Å². The molecule has 0 amide bonds. The molecule has 0 spiro atoms. The number of aryl methyl sites for hydroxylation is 2. The zero-order valence-corrected chi connectivity index (χ0v) is 9.21. The van der Waals surface area contributed by atoms with Crippen molar-refractivity contribution in [3.05, 3.63) is 53.9 Å². The Kier molecular flexibility index (Phi) is 4.00. The third kappa shape index (κ3) is 3.12. The molecule has 0 N–H and O–H groups in total. The first-order chi connectivity index (χ1) is 7.97. The molecule has 0 bridgehead atoms. The summed E-state index contributed by atoms with van der Waals surface area (Å²) in [7, 11) is 0. The van der Waals surface area contributed by atoms with Crippen LogP contribution in [0, 0.1) is 0 Å². The molecule has 1 heterocycles. The van der Waals surface area contributed by atoms with Crippen molar-refractivity contribution in [1.82, 2.24) is 15.4 Å². The van der Waals surface area contributed by atoms with Gasteiger partial charge < -0.3 is 0 Å². The van der Waals surface area contributed by atoms with Crippen LogP contribution < -0.4 is 0 Å². The van der Waals surface area contributed by atoms with Crippen LogP contribution in [0.4, 0.5) is 0 Å². The predicted molar refractivity (Wildman–Crippen MR) is 62.9 cm³/mol. The molecule has 0 atom stereocenters. The number of hydrogen-bond donors (Lipinski definition) is 0. The van der Waals surface area contributed by atoms with Gasteiger partial charge >= 0.3 is 0 Å². The Morgan fingerprint density at radius 3 is 1.69 bits per heavy atom. The standard InChI is InChI=1S/C10H12.C3H3N3/c1-2-6-10-8-4-3-7-9(10)5-1;1-2-4-6-5-3-1/h1-2,5-6H,3-4,7-8H2;1-3H. The summed E-state index contributed by atoms with van der Waals surface area (Å²) in [6.07, 6.45) is 8.53. The molecule has 0 radical (unpaired) electrons. The fourth-order valence-electron chi connectivity index (χ4n) is 1.88. The summed E-state index contributed by atoms with van der Waals surface area (Å²) >= 11 is 0. The average molecular weight is 213 g/mol. The number of fused-ring (bicyclic) bond motifs is 1. The Morgan fingerprint density at radius 2 is 1.31 bits per heavy atom. The highest BCUT2D eigenvalue weighted by Crippen LogP contribution is 2.19. The minimum atomic E-state index is 1.30. The molecule has 2 aromatic rings. The van der Waals surface area contributed by atoms with Crippen molar-refractivity contribution in [1.29, 1.82) is 0 Å². The van der Waals surface area contributed by atoms with Crippen molar-refractivity contribution in [2.24, 2.45) is 0 Å². The number of nitrogens with zero attached hydrogens (tertiary/aromatic N) is 3. The molecule has 1 aromatic carbocycles. The van der Waals surface area contributed by atoms with Gasteiger partial charge in [-0.05, 0) is 48.1 Å². The van der Waals surface area contributed by atoms with Gasteiger partial charge in [-0.3, -0.25) is 0 Å². The zero-order valence-electron chi connectivity index (χ0n) is 9.21. The van der Waals surface area contributed by atoms with Crippen molar-refractivity contribution in [2.75, 3.05) is 0 Å². The fourth-order valence-corrected chi connectivity index (χ4v) is 1.88. The van der Waals surface area contributed by atoms with Crippen LogP contribution >= 0.6 is 0 Å². The predicted octanol–water partition coefficient (Wildman–Crippen LogP) is 2.44. The van der Waals surface area contributed by atoms with E-state index in [2.05, 4.69) is 39.7 Å². The molecule has 0 saturated carbocycles. The SMILES string of the molecule is c1ccc2c(c1)CCCC2.c1cnnnc1.